The quantitative estimate of drug-likeness (QED) is 0.206. The molecule has 10 nitrogen and oxygen atoms in total. The summed E-state index contributed by atoms with van der Waals surface area (Å²) in [7, 11) is -3.78. The lowest BCUT2D eigenvalue weighted by molar-refractivity contribution is -0.384. The summed E-state index contributed by atoms with van der Waals surface area (Å²) in [4.78, 5) is 11.0. The van der Waals surface area contributed by atoms with Gasteiger partial charge in [0.1, 0.15) is 11.4 Å². The van der Waals surface area contributed by atoms with Crippen molar-refractivity contribution >= 4 is 27.6 Å². The Morgan fingerprint density at radius 2 is 1.65 bits per heavy atom. The van der Waals surface area contributed by atoms with Crippen LogP contribution < -0.4 is 5.43 Å². The highest BCUT2D eigenvalue weighted by Gasteiger charge is 2.29. The second-order valence-corrected chi connectivity index (χ2v) is 10.4. The molecule has 0 bridgehead atoms. The first-order valence-corrected chi connectivity index (χ1v) is 13.2. The number of nitrogens with zero attached hydrogens (tertiary/aromatic N) is 5. The van der Waals surface area contributed by atoms with E-state index in [4.69, 9.17) is 5.10 Å². The minimum Gasteiger partial charge on any atom is -0.272 e. The van der Waals surface area contributed by atoms with Crippen LogP contribution in [0.25, 0.3) is 16.9 Å². The molecule has 5 rings (SSSR count). The lowest BCUT2D eigenvalue weighted by Crippen LogP contribution is -2.27. The van der Waals surface area contributed by atoms with Crippen LogP contribution in [0.2, 0.25) is 0 Å². The van der Waals surface area contributed by atoms with Gasteiger partial charge in [-0.3, -0.25) is 15.5 Å². The van der Waals surface area contributed by atoms with E-state index in [1.807, 2.05) is 66.9 Å². The Morgan fingerprint density at radius 1 is 0.973 bits per heavy atom. The van der Waals surface area contributed by atoms with Gasteiger partial charge in [-0.2, -0.15) is 14.5 Å². The summed E-state index contributed by atoms with van der Waals surface area (Å²) < 4.78 is 28.8. The van der Waals surface area contributed by atoms with Crippen molar-refractivity contribution in [2.75, 3.05) is 18.5 Å². The van der Waals surface area contributed by atoms with Crippen molar-refractivity contribution in [1.82, 2.24) is 14.1 Å². The number of anilines is 1. The molecule has 0 saturated carbocycles. The third kappa shape index (κ3) is 5.13. The van der Waals surface area contributed by atoms with Crippen molar-refractivity contribution in [2.24, 2.45) is 5.10 Å². The largest absolute Gasteiger partial charge is 0.295 e. The monoisotopic (exact) mass is 516 g/mol. The molecule has 1 fully saturated rings. The van der Waals surface area contributed by atoms with Crippen LogP contribution in [0, 0.1) is 10.1 Å². The number of hydrazone groups is 1. The molecule has 1 saturated heterocycles. The van der Waals surface area contributed by atoms with Crippen LogP contribution in [0.15, 0.2) is 95.1 Å². The summed E-state index contributed by atoms with van der Waals surface area (Å²) in [5.41, 5.74) is 5.56. The van der Waals surface area contributed by atoms with Crippen molar-refractivity contribution in [3.8, 4) is 16.9 Å². The normalized spacial score (nSPS) is 14.3. The van der Waals surface area contributed by atoms with Crippen LogP contribution in [0.5, 0.6) is 0 Å². The molecule has 2 heterocycles. The van der Waals surface area contributed by atoms with E-state index in [-0.39, 0.29) is 16.3 Å². The van der Waals surface area contributed by atoms with Gasteiger partial charge in [-0.15, -0.1) is 0 Å². The molecule has 0 amide bonds. The maximum absolute atomic E-state index is 12.9. The Morgan fingerprint density at radius 3 is 2.32 bits per heavy atom. The van der Waals surface area contributed by atoms with Gasteiger partial charge in [-0.1, -0.05) is 48.5 Å². The van der Waals surface area contributed by atoms with Gasteiger partial charge in [0.05, 0.1) is 21.7 Å². The number of nitro groups is 1. The molecule has 0 atom stereocenters. The van der Waals surface area contributed by atoms with Crippen molar-refractivity contribution < 1.29 is 13.3 Å². The van der Waals surface area contributed by atoms with E-state index in [0.717, 1.165) is 30.2 Å². The molecule has 0 aliphatic carbocycles. The highest BCUT2D eigenvalue weighted by molar-refractivity contribution is 7.89. The fourth-order valence-electron chi connectivity index (χ4n) is 4.18. The van der Waals surface area contributed by atoms with Gasteiger partial charge in [0, 0.05) is 36.5 Å². The van der Waals surface area contributed by atoms with E-state index in [1.165, 1.54) is 22.7 Å². The lowest BCUT2D eigenvalue weighted by atomic mass is 10.1. The van der Waals surface area contributed by atoms with Crippen molar-refractivity contribution in [2.45, 2.75) is 17.7 Å². The first-order valence-electron chi connectivity index (χ1n) is 11.7. The predicted molar refractivity (Wildman–Crippen MR) is 141 cm³/mol. The number of nitrogens with one attached hydrogen (secondary N) is 1. The first kappa shape index (κ1) is 24.3. The molecule has 4 aromatic rings. The Hall–Kier alpha value is -4.35. The Bertz CT molecular complexity index is 1550. The van der Waals surface area contributed by atoms with Gasteiger partial charge in [-0.05, 0) is 37.1 Å². The molecule has 1 N–H and O–H groups in total. The van der Waals surface area contributed by atoms with E-state index in [9.17, 15) is 18.5 Å². The van der Waals surface area contributed by atoms with E-state index in [0.29, 0.717) is 24.3 Å². The standard InChI is InChI=1S/C26H24N6O4S/c33-32(34)25-17-23(37(35,36)30-15-7-8-16-30)13-14-24(25)28-27-18-21-19-31(22-11-5-2-6-12-22)29-26(21)20-9-3-1-4-10-20/h1-6,9-14,17-19,28H,7-8,15-16H2/b27-18-. The van der Waals surface area contributed by atoms with Gasteiger partial charge in [0.15, 0.2) is 0 Å². The van der Waals surface area contributed by atoms with E-state index in [2.05, 4.69) is 10.5 Å². The molecule has 0 radical (unpaired) electrons. The molecule has 37 heavy (non-hydrogen) atoms. The fourth-order valence-corrected chi connectivity index (χ4v) is 5.72. The number of hydrogen-bond donors (Lipinski definition) is 1. The van der Waals surface area contributed by atoms with E-state index >= 15 is 0 Å². The summed E-state index contributed by atoms with van der Waals surface area (Å²) in [6.07, 6.45) is 4.92. The van der Waals surface area contributed by atoms with Gasteiger partial charge in [0.25, 0.3) is 5.69 Å². The zero-order chi connectivity index (χ0) is 25.8. The Balaban J connectivity index is 1.45. The molecule has 188 valence electrons. The second-order valence-electron chi connectivity index (χ2n) is 8.50. The highest BCUT2D eigenvalue weighted by Crippen LogP contribution is 2.30. The molecule has 1 aliphatic heterocycles. The summed E-state index contributed by atoms with van der Waals surface area (Å²) in [6, 6.07) is 23.0. The number of para-hydroxylation sites is 1. The average molecular weight is 517 g/mol. The summed E-state index contributed by atoms with van der Waals surface area (Å²) >= 11 is 0. The zero-order valence-corrected chi connectivity index (χ0v) is 20.6. The summed E-state index contributed by atoms with van der Waals surface area (Å²) in [5.74, 6) is 0. The van der Waals surface area contributed by atoms with Crippen molar-refractivity contribution in [3.05, 3.63) is 101 Å². The van der Waals surface area contributed by atoms with Crippen LogP contribution in [-0.2, 0) is 10.0 Å². The number of nitro benzene ring substituents is 1. The van der Waals surface area contributed by atoms with E-state index in [1.54, 1.807) is 4.68 Å². The maximum Gasteiger partial charge on any atom is 0.295 e. The number of rotatable bonds is 8. The van der Waals surface area contributed by atoms with Crippen LogP contribution in [0.3, 0.4) is 0 Å². The highest BCUT2D eigenvalue weighted by atomic mass is 32.2. The molecule has 1 aromatic heterocycles. The maximum atomic E-state index is 12.9. The minimum absolute atomic E-state index is 0.0818. The molecule has 1 aliphatic rings. The van der Waals surface area contributed by atoms with Crippen molar-refractivity contribution in [3.63, 3.8) is 0 Å². The van der Waals surface area contributed by atoms with Crippen LogP contribution in [0.1, 0.15) is 18.4 Å². The lowest BCUT2D eigenvalue weighted by Gasteiger charge is -2.15. The minimum atomic E-state index is -3.78. The van der Waals surface area contributed by atoms with Gasteiger partial charge >= 0.3 is 0 Å². The average Bonchev–Trinajstić information content (AvgIpc) is 3.61. The smallest absolute Gasteiger partial charge is 0.272 e. The Labute approximate surface area is 214 Å². The predicted octanol–water partition coefficient (Wildman–Crippen LogP) is 4.68. The fraction of sp³-hybridized carbons (Fsp3) is 0.154. The third-order valence-electron chi connectivity index (χ3n) is 6.07. The van der Waals surface area contributed by atoms with Crippen LogP contribution in [-0.4, -0.2) is 46.7 Å². The molecule has 0 spiro atoms. The summed E-state index contributed by atoms with van der Waals surface area (Å²) in [6.45, 7) is 0.835. The van der Waals surface area contributed by atoms with Crippen LogP contribution in [0.4, 0.5) is 11.4 Å². The topological polar surface area (TPSA) is 123 Å². The molecule has 3 aromatic carbocycles. The SMILES string of the molecule is O=[N+]([O-])c1cc(S(=O)(=O)N2CCCC2)ccc1N/N=C\c1cn(-c2ccccc2)nc1-c1ccccc1. The van der Waals surface area contributed by atoms with Gasteiger partial charge in [0.2, 0.25) is 10.0 Å². The van der Waals surface area contributed by atoms with Crippen molar-refractivity contribution in [1.29, 1.82) is 0 Å². The third-order valence-corrected chi connectivity index (χ3v) is 7.96. The van der Waals surface area contributed by atoms with Gasteiger partial charge in [-0.25, -0.2) is 13.1 Å². The zero-order valence-electron chi connectivity index (χ0n) is 19.8. The number of sulfonamides is 1. The van der Waals surface area contributed by atoms with E-state index < -0.39 is 14.9 Å². The van der Waals surface area contributed by atoms with Gasteiger partial charge < -0.3 is 0 Å². The molecular weight excluding hydrogens is 492 g/mol. The second kappa shape index (κ2) is 10.3. The molecule has 11 heteroatoms. The van der Waals surface area contributed by atoms with Crippen LogP contribution >= 0.6 is 0 Å². The first-order chi connectivity index (χ1) is 17.9. The molecular formula is C26H24N6O4S. The number of benzene rings is 3. The molecule has 0 unspecified atom stereocenters. The summed E-state index contributed by atoms with van der Waals surface area (Å²) in [5, 5.41) is 20.7. The number of aromatic nitrogens is 2. The number of hydrogen-bond acceptors (Lipinski definition) is 7. The Kier molecular flexibility index (Phi) is 6.80.